The molecule has 0 spiro atoms. The van der Waals surface area contributed by atoms with Crippen LogP contribution in [-0.4, -0.2) is 18.0 Å². The zero-order valence-electron chi connectivity index (χ0n) is 14.2. The Morgan fingerprint density at radius 2 is 1.78 bits per heavy atom. The minimum atomic E-state index is -0.377. The normalized spacial score (nSPS) is 31.0. The number of hydrogen-bond acceptors (Lipinski definition) is 4. The van der Waals surface area contributed by atoms with Crippen LogP contribution in [0.1, 0.15) is 57.3 Å². The molecule has 3 unspecified atom stereocenters. The minimum absolute atomic E-state index is 0.0168. The van der Waals surface area contributed by atoms with Crippen molar-refractivity contribution < 1.29 is 19.1 Å². The first-order chi connectivity index (χ1) is 10.7. The van der Waals surface area contributed by atoms with Crippen molar-refractivity contribution in [2.24, 2.45) is 16.7 Å². The van der Waals surface area contributed by atoms with Gasteiger partial charge in [-0.1, -0.05) is 20.8 Å². The minimum Gasteiger partial charge on any atom is -0.458 e. The lowest BCUT2D eigenvalue weighted by molar-refractivity contribution is -0.131. The van der Waals surface area contributed by atoms with Crippen molar-refractivity contribution in [2.45, 2.75) is 53.1 Å². The summed E-state index contributed by atoms with van der Waals surface area (Å²) in [6, 6.07) is 6.51. The van der Waals surface area contributed by atoms with E-state index in [2.05, 4.69) is 20.8 Å². The molecule has 0 saturated heterocycles. The van der Waals surface area contributed by atoms with Crippen molar-refractivity contribution in [3.05, 3.63) is 29.8 Å². The molecule has 3 rings (SSSR count). The topological polar surface area (TPSA) is 52.6 Å². The molecule has 1 aromatic rings. The predicted octanol–water partition coefficient (Wildman–Crippen LogP) is 3.98. The number of carbonyl (C=O) groups is 2. The number of esters is 2. The molecule has 2 saturated carbocycles. The Hall–Kier alpha value is -1.84. The summed E-state index contributed by atoms with van der Waals surface area (Å²) in [5.74, 6) is 0.394. The molecule has 2 aliphatic carbocycles. The molecule has 124 valence electrons. The van der Waals surface area contributed by atoms with Crippen LogP contribution in [0.3, 0.4) is 0 Å². The van der Waals surface area contributed by atoms with E-state index in [9.17, 15) is 9.59 Å². The Morgan fingerprint density at radius 1 is 1.13 bits per heavy atom. The maximum Gasteiger partial charge on any atom is 0.338 e. The second kappa shape index (κ2) is 5.36. The van der Waals surface area contributed by atoms with Crippen molar-refractivity contribution in [1.29, 1.82) is 0 Å². The summed E-state index contributed by atoms with van der Waals surface area (Å²) in [5.41, 5.74) is 0.771. The lowest BCUT2D eigenvalue weighted by atomic mass is 9.70. The van der Waals surface area contributed by atoms with Crippen LogP contribution >= 0.6 is 0 Å². The van der Waals surface area contributed by atoms with Crippen LogP contribution in [0.2, 0.25) is 0 Å². The molecule has 0 N–H and O–H groups in total. The second-order valence-electron chi connectivity index (χ2n) is 7.62. The van der Waals surface area contributed by atoms with Gasteiger partial charge in [0.15, 0.2) is 0 Å². The van der Waals surface area contributed by atoms with E-state index < -0.39 is 0 Å². The quantitative estimate of drug-likeness (QED) is 0.625. The fraction of sp³-hybridized carbons (Fsp3) is 0.579. The first-order valence-electron chi connectivity index (χ1n) is 8.23. The summed E-state index contributed by atoms with van der Waals surface area (Å²) in [7, 11) is 0. The van der Waals surface area contributed by atoms with E-state index in [1.165, 1.54) is 13.3 Å². The van der Waals surface area contributed by atoms with Crippen LogP contribution in [0.4, 0.5) is 0 Å². The summed E-state index contributed by atoms with van der Waals surface area (Å²) in [4.78, 5) is 23.4. The van der Waals surface area contributed by atoms with E-state index in [1.54, 1.807) is 24.3 Å². The number of rotatable bonds is 3. The molecular formula is C19H24O4. The number of fused-ring (bicyclic) bond motifs is 2. The summed E-state index contributed by atoms with van der Waals surface area (Å²) in [6.45, 7) is 8.19. The van der Waals surface area contributed by atoms with Gasteiger partial charge in [0.05, 0.1) is 5.56 Å². The molecule has 4 nitrogen and oxygen atoms in total. The van der Waals surface area contributed by atoms with Gasteiger partial charge in [0.25, 0.3) is 0 Å². The van der Waals surface area contributed by atoms with Gasteiger partial charge in [-0.25, -0.2) is 4.79 Å². The molecule has 0 amide bonds. The summed E-state index contributed by atoms with van der Waals surface area (Å²) >= 11 is 0. The van der Waals surface area contributed by atoms with Crippen molar-refractivity contribution in [3.63, 3.8) is 0 Å². The first-order valence-corrected chi connectivity index (χ1v) is 8.23. The summed E-state index contributed by atoms with van der Waals surface area (Å²) in [5, 5.41) is 0. The molecular weight excluding hydrogens is 292 g/mol. The van der Waals surface area contributed by atoms with E-state index in [0.29, 0.717) is 17.2 Å². The van der Waals surface area contributed by atoms with Crippen molar-refractivity contribution in [3.8, 4) is 5.75 Å². The maximum atomic E-state index is 12.4. The van der Waals surface area contributed by atoms with Gasteiger partial charge in [0, 0.05) is 12.3 Å². The van der Waals surface area contributed by atoms with Gasteiger partial charge < -0.3 is 9.47 Å². The SMILES string of the molecule is CC(=O)Oc1ccc(C(=O)OC2CC3CCC2(C)C3(C)C)cc1. The highest BCUT2D eigenvalue weighted by Crippen LogP contribution is 2.66. The molecule has 4 heteroatoms. The Labute approximate surface area is 137 Å². The van der Waals surface area contributed by atoms with Gasteiger partial charge in [0.2, 0.25) is 0 Å². The lowest BCUT2D eigenvalue weighted by Gasteiger charge is -2.38. The average molecular weight is 316 g/mol. The monoisotopic (exact) mass is 316 g/mol. The van der Waals surface area contributed by atoms with E-state index in [4.69, 9.17) is 9.47 Å². The first kappa shape index (κ1) is 16.0. The highest BCUT2D eigenvalue weighted by molar-refractivity contribution is 5.89. The third-order valence-electron chi connectivity index (χ3n) is 6.31. The standard InChI is InChI=1S/C19H24O4/c1-12(20)22-15-7-5-13(6-8-15)17(21)23-16-11-14-9-10-19(16,4)18(14,2)3/h5-8,14,16H,9-11H2,1-4H3. The Balaban J connectivity index is 1.70. The van der Waals surface area contributed by atoms with Crippen LogP contribution in [0, 0.1) is 16.7 Å². The Morgan fingerprint density at radius 3 is 2.26 bits per heavy atom. The number of carbonyl (C=O) groups excluding carboxylic acids is 2. The van der Waals surface area contributed by atoms with Gasteiger partial charge in [-0.3, -0.25) is 4.79 Å². The highest BCUT2D eigenvalue weighted by Gasteiger charge is 2.62. The van der Waals surface area contributed by atoms with E-state index in [0.717, 1.165) is 12.8 Å². The molecule has 0 aliphatic heterocycles. The fourth-order valence-electron chi connectivity index (χ4n) is 4.33. The Kier molecular flexibility index (Phi) is 3.74. The third kappa shape index (κ3) is 2.54. The van der Waals surface area contributed by atoms with E-state index in [-0.39, 0.29) is 28.9 Å². The average Bonchev–Trinajstić information content (AvgIpc) is 2.80. The van der Waals surface area contributed by atoms with Crippen LogP contribution in [0.25, 0.3) is 0 Å². The molecule has 2 aliphatic rings. The molecule has 0 aromatic heterocycles. The number of benzene rings is 1. The summed E-state index contributed by atoms with van der Waals surface area (Å²) in [6.07, 6.45) is 3.29. The van der Waals surface area contributed by atoms with E-state index in [1.807, 2.05) is 0 Å². The van der Waals surface area contributed by atoms with Gasteiger partial charge in [-0.2, -0.15) is 0 Å². The molecule has 23 heavy (non-hydrogen) atoms. The van der Waals surface area contributed by atoms with Crippen molar-refractivity contribution in [1.82, 2.24) is 0 Å². The lowest BCUT2D eigenvalue weighted by Crippen LogP contribution is -2.38. The Bertz CT molecular complexity index is 631. The zero-order valence-corrected chi connectivity index (χ0v) is 14.2. The third-order valence-corrected chi connectivity index (χ3v) is 6.31. The van der Waals surface area contributed by atoms with Crippen molar-refractivity contribution in [2.75, 3.05) is 0 Å². The zero-order chi connectivity index (χ0) is 16.8. The van der Waals surface area contributed by atoms with Crippen LogP contribution in [-0.2, 0) is 9.53 Å². The molecule has 0 heterocycles. The van der Waals surface area contributed by atoms with Crippen molar-refractivity contribution >= 4 is 11.9 Å². The largest absolute Gasteiger partial charge is 0.458 e. The summed E-state index contributed by atoms with van der Waals surface area (Å²) < 4.78 is 10.8. The van der Waals surface area contributed by atoms with E-state index >= 15 is 0 Å². The molecule has 2 fully saturated rings. The van der Waals surface area contributed by atoms with Gasteiger partial charge in [-0.05, 0) is 54.9 Å². The maximum absolute atomic E-state index is 12.4. The molecule has 3 atom stereocenters. The van der Waals surface area contributed by atoms with Crippen LogP contribution in [0.5, 0.6) is 5.75 Å². The molecule has 2 bridgehead atoms. The molecule has 1 aromatic carbocycles. The van der Waals surface area contributed by atoms with Crippen LogP contribution in [0.15, 0.2) is 24.3 Å². The number of ether oxygens (including phenoxy) is 2. The van der Waals surface area contributed by atoms with Gasteiger partial charge >= 0.3 is 11.9 Å². The second-order valence-corrected chi connectivity index (χ2v) is 7.62. The predicted molar refractivity (Wildman–Crippen MR) is 86.2 cm³/mol. The molecule has 0 radical (unpaired) electrons. The van der Waals surface area contributed by atoms with Gasteiger partial charge in [-0.15, -0.1) is 0 Å². The van der Waals surface area contributed by atoms with Gasteiger partial charge in [0.1, 0.15) is 11.9 Å². The highest BCUT2D eigenvalue weighted by atomic mass is 16.5. The van der Waals surface area contributed by atoms with Crippen LogP contribution < -0.4 is 4.74 Å². The smallest absolute Gasteiger partial charge is 0.338 e. The number of hydrogen-bond donors (Lipinski definition) is 0. The fourth-order valence-corrected chi connectivity index (χ4v) is 4.33.